The van der Waals surface area contributed by atoms with E-state index in [1.165, 1.54) is 18.2 Å². The SMILES string of the molecule is O=[N+]([O-])c1ccc2nc(CNS(=O)(=O)c3ccc4ccccc4c3)[nH]c2c1. The number of non-ortho nitro benzene ring substituents is 1. The van der Waals surface area contributed by atoms with Crippen molar-refractivity contribution in [3.63, 3.8) is 0 Å². The fourth-order valence-corrected chi connectivity index (χ4v) is 3.85. The van der Waals surface area contributed by atoms with Crippen LogP contribution >= 0.6 is 0 Å². The quantitative estimate of drug-likeness (QED) is 0.406. The van der Waals surface area contributed by atoms with E-state index in [0.29, 0.717) is 16.9 Å². The third-order valence-corrected chi connectivity index (χ3v) is 5.59. The van der Waals surface area contributed by atoms with Gasteiger partial charge in [0.25, 0.3) is 5.69 Å². The molecular formula is C18H14N4O4S. The average molecular weight is 382 g/mol. The Labute approximate surface area is 154 Å². The summed E-state index contributed by atoms with van der Waals surface area (Å²) in [5.74, 6) is 0.370. The number of nitro groups is 1. The maximum absolute atomic E-state index is 12.6. The second kappa shape index (κ2) is 6.45. The first-order valence-corrected chi connectivity index (χ1v) is 9.52. The summed E-state index contributed by atoms with van der Waals surface area (Å²) in [7, 11) is -3.73. The van der Waals surface area contributed by atoms with Crippen molar-refractivity contribution in [1.29, 1.82) is 0 Å². The predicted molar refractivity (Wildman–Crippen MR) is 101 cm³/mol. The molecule has 27 heavy (non-hydrogen) atoms. The predicted octanol–water partition coefficient (Wildman–Crippen LogP) is 3.10. The normalized spacial score (nSPS) is 11.9. The van der Waals surface area contributed by atoms with Crippen molar-refractivity contribution < 1.29 is 13.3 Å². The van der Waals surface area contributed by atoms with Crippen LogP contribution in [0.4, 0.5) is 5.69 Å². The number of imidazole rings is 1. The van der Waals surface area contributed by atoms with Crippen molar-refractivity contribution in [3.05, 3.63) is 76.6 Å². The molecule has 8 nitrogen and oxygen atoms in total. The highest BCUT2D eigenvalue weighted by Crippen LogP contribution is 2.20. The van der Waals surface area contributed by atoms with Gasteiger partial charge < -0.3 is 4.98 Å². The minimum Gasteiger partial charge on any atom is -0.341 e. The first-order valence-electron chi connectivity index (χ1n) is 8.04. The van der Waals surface area contributed by atoms with Gasteiger partial charge in [0.1, 0.15) is 5.82 Å². The molecule has 0 unspecified atom stereocenters. The highest BCUT2D eigenvalue weighted by Gasteiger charge is 2.16. The molecule has 0 saturated carbocycles. The van der Waals surface area contributed by atoms with E-state index in [-0.39, 0.29) is 17.1 Å². The van der Waals surface area contributed by atoms with Crippen LogP contribution in [-0.4, -0.2) is 23.3 Å². The van der Waals surface area contributed by atoms with Crippen LogP contribution in [0.1, 0.15) is 5.82 Å². The number of aromatic amines is 1. The number of nitrogens with zero attached hydrogens (tertiary/aromatic N) is 2. The molecule has 0 aliphatic heterocycles. The van der Waals surface area contributed by atoms with Crippen LogP contribution in [0, 0.1) is 10.1 Å². The lowest BCUT2D eigenvalue weighted by atomic mass is 10.1. The van der Waals surface area contributed by atoms with Gasteiger partial charge in [0.2, 0.25) is 10.0 Å². The summed E-state index contributed by atoms with van der Waals surface area (Å²) >= 11 is 0. The van der Waals surface area contributed by atoms with Gasteiger partial charge in [-0.1, -0.05) is 30.3 Å². The number of H-pyrrole nitrogens is 1. The van der Waals surface area contributed by atoms with Crippen molar-refractivity contribution in [3.8, 4) is 0 Å². The lowest BCUT2D eigenvalue weighted by Crippen LogP contribution is -2.23. The molecule has 1 heterocycles. The van der Waals surface area contributed by atoms with Gasteiger partial charge in [-0.05, 0) is 29.0 Å². The summed E-state index contributed by atoms with van der Waals surface area (Å²) in [4.78, 5) is 17.7. The van der Waals surface area contributed by atoms with Gasteiger partial charge in [0.15, 0.2) is 0 Å². The topological polar surface area (TPSA) is 118 Å². The maximum atomic E-state index is 12.6. The Bertz CT molecular complexity index is 1280. The molecule has 0 bridgehead atoms. The monoisotopic (exact) mass is 382 g/mol. The van der Waals surface area contributed by atoms with Crippen molar-refractivity contribution in [2.75, 3.05) is 0 Å². The number of sulfonamides is 1. The standard InChI is InChI=1S/C18H14N4O4S/c23-22(24)14-6-8-16-17(10-14)21-18(20-16)11-19-27(25,26)15-7-5-12-3-1-2-4-13(12)9-15/h1-10,19H,11H2,(H,20,21). The molecule has 0 aliphatic carbocycles. The number of fused-ring (bicyclic) bond motifs is 2. The number of hydrogen-bond acceptors (Lipinski definition) is 5. The molecule has 136 valence electrons. The minimum atomic E-state index is -3.73. The average Bonchev–Trinajstić information content (AvgIpc) is 3.08. The van der Waals surface area contributed by atoms with Gasteiger partial charge >= 0.3 is 0 Å². The lowest BCUT2D eigenvalue weighted by molar-refractivity contribution is -0.384. The number of nitro benzene ring substituents is 1. The zero-order valence-electron chi connectivity index (χ0n) is 13.9. The highest BCUT2D eigenvalue weighted by atomic mass is 32.2. The van der Waals surface area contributed by atoms with Crippen LogP contribution in [0.3, 0.4) is 0 Å². The number of hydrogen-bond donors (Lipinski definition) is 2. The summed E-state index contributed by atoms with van der Waals surface area (Å²) < 4.78 is 27.6. The molecule has 2 N–H and O–H groups in total. The molecule has 0 saturated heterocycles. The smallest absolute Gasteiger partial charge is 0.271 e. The maximum Gasteiger partial charge on any atom is 0.271 e. The zero-order chi connectivity index (χ0) is 19.0. The van der Waals surface area contributed by atoms with Gasteiger partial charge in [0.05, 0.1) is 27.4 Å². The van der Waals surface area contributed by atoms with Crippen LogP contribution in [0.2, 0.25) is 0 Å². The molecular weight excluding hydrogens is 368 g/mol. The van der Waals surface area contributed by atoms with Gasteiger partial charge in [-0.3, -0.25) is 10.1 Å². The lowest BCUT2D eigenvalue weighted by Gasteiger charge is -2.06. The van der Waals surface area contributed by atoms with Gasteiger partial charge in [-0.15, -0.1) is 0 Å². The van der Waals surface area contributed by atoms with Gasteiger partial charge in [-0.2, -0.15) is 0 Å². The minimum absolute atomic E-state index is 0.0579. The largest absolute Gasteiger partial charge is 0.341 e. The van der Waals surface area contributed by atoms with E-state index in [4.69, 9.17) is 0 Å². The van der Waals surface area contributed by atoms with Crippen LogP contribution in [0.5, 0.6) is 0 Å². The molecule has 3 aromatic carbocycles. The third kappa shape index (κ3) is 3.37. The second-order valence-electron chi connectivity index (χ2n) is 5.98. The van der Waals surface area contributed by atoms with Crippen LogP contribution < -0.4 is 4.72 Å². The Hall–Kier alpha value is -3.30. The first-order chi connectivity index (χ1) is 12.9. The van der Waals surface area contributed by atoms with Crippen LogP contribution in [0.15, 0.2) is 65.6 Å². The molecule has 4 aromatic rings. The fourth-order valence-electron chi connectivity index (χ4n) is 2.83. The van der Waals surface area contributed by atoms with E-state index in [0.717, 1.165) is 10.8 Å². The van der Waals surface area contributed by atoms with Crippen LogP contribution in [0.25, 0.3) is 21.8 Å². The summed E-state index contributed by atoms with van der Waals surface area (Å²) in [6, 6.07) is 16.6. The van der Waals surface area contributed by atoms with Crippen molar-refractivity contribution in [2.24, 2.45) is 0 Å². The first kappa shape index (κ1) is 17.1. The molecule has 0 spiro atoms. The van der Waals surface area contributed by atoms with E-state index in [2.05, 4.69) is 14.7 Å². The van der Waals surface area contributed by atoms with E-state index in [9.17, 15) is 18.5 Å². The van der Waals surface area contributed by atoms with E-state index in [1.807, 2.05) is 24.3 Å². The Morgan fingerprint density at radius 2 is 1.81 bits per heavy atom. The van der Waals surface area contributed by atoms with E-state index in [1.54, 1.807) is 18.2 Å². The molecule has 0 amide bonds. The van der Waals surface area contributed by atoms with Gasteiger partial charge in [-0.25, -0.2) is 18.1 Å². The van der Waals surface area contributed by atoms with E-state index < -0.39 is 14.9 Å². The van der Waals surface area contributed by atoms with Crippen molar-refractivity contribution >= 4 is 37.5 Å². The molecule has 0 aliphatic rings. The molecule has 0 atom stereocenters. The Morgan fingerprint density at radius 3 is 2.59 bits per heavy atom. The van der Waals surface area contributed by atoms with Crippen molar-refractivity contribution in [2.45, 2.75) is 11.4 Å². The summed E-state index contributed by atoms with van der Waals surface area (Å²) in [6.07, 6.45) is 0. The fraction of sp³-hybridized carbons (Fsp3) is 0.0556. The molecule has 0 radical (unpaired) electrons. The van der Waals surface area contributed by atoms with E-state index >= 15 is 0 Å². The Balaban J connectivity index is 1.57. The number of rotatable bonds is 5. The number of nitrogens with one attached hydrogen (secondary N) is 2. The molecule has 0 fully saturated rings. The summed E-state index contributed by atoms with van der Waals surface area (Å²) in [6.45, 7) is -0.0579. The van der Waals surface area contributed by atoms with Crippen molar-refractivity contribution in [1.82, 2.24) is 14.7 Å². The molecule has 1 aromatic heterocycles. The highest BCUT2D eigenvalue weighted by molar-refractivity contribution is 7.89. The number of aromatic nitrogens is 2. The second-order valence-corrected chi connectivity index (χ2v) is 7.74. The third-order valence-electron chi connectivity index (χ3n) is 4.19. The van der Waals surface area contributed by atoms with Gasteiger partial charge in [0, 0.05) is 12.1 Å². The zero-order valence-corrected chi connectivity index (χ0v) is 14.7. The van der Waals surface area contributed by atoms with Crippen LogP contribution in [-0.2, 0) is 16.6 Å². The Morgan fingerprint density at radius 1 is 1.04 bits per heavy atom. The summed E-state index contributed by atoms with van der Waals surface area (Å²) in [5, 5.41) is 12.6. The molecule has 4 rings (SSSR count). The Kier molecular flexibility index (Phi) is 4.09. The molecule has 9 heteroatoms. The summed E-state index contributed by atoms with van der Waals surface area (Å²) in [5.41, 5.74) is 0.944. The number of benzene rings is 3.